The Morgan fingerprint density at radius 2 is 2.09 bits per heavy atom. The summed E-state index contributed by atoms with van der Waals surface area (Å²) in [6.07, 6.45) is 2.62. The first-order valence-corrected chi connectivity index (χ1v) is 7.53. The molecule has 1 aliphatic rings. The van der Waals surface area contributed by atoms with Crippen LogP contribution < -0.4 is 4.74 Å². The fourth-order valence-electron chi connectivity index (χ4n) is 2.63. The molecule has 0 spiro atoms. The molecule has 1 heterocycles. The van der Waals surface area contributed by atoms with Gasteiger partial charge >= 0.3 is 0 Å². The molecule has 0 radical (unpaired) electrons. The lowest BCUT2D eigenvalue weighted by atomic mass is 10.0. The number of para-hydroxylation sites is 1. The topological polar surface area (TPSA) is 63.2 Å². The highest BCUT2D eigenvalue weighted by Gasteiger charge is 2.36. The molecule has 0 bridgehead atoms. The van der Waals surface area contributed by atoms with E-state index in [2.05, 4.69) is 6.92 Å². The number of nitrogens with zero attached hydrogens (tertiary/aromatic N) is 1. The zero-order valence-corrected chi connectivity index (χ0v) is 13.1. The molecule has 1 aromatic carbocycles. The van der Waals surface area contributed by atoms with E-state index in [0.717, 1.165) is 12.2 Å². The highest BCUT2D eigenvalue weighted by atomic mass is 16.5. The van der Waals surface area contributed by atoms with Crippen LogP contribution >= 0.6 is 0 Å². The van der Waals surface area contributed by atoms with Crippen molar-refractivity contribution in [2.75, 3.05) is 7.11 Å². The van der Waals surface area contributed by atoms with E-state index in [1.54, 1.807) is 30.3 Å². The average molecular weight is 307 g/mol. The maximum Gasteiger partial charge on any atom is 0.207 e. The standard InChI is InChI=1S/C19H17NO3/c1-12-9-16(12)18-8-7-14(23-18)10-13(11-20)19(21)15-5-3-4-6-17(15)22-2/h3-8,10,12,16H,9H2,1-2H3/b13-10+/t12-,16-/m0/s1. The smallest absolute Gasteiger partial charge is 0.207 e. The van der Waals surface area contributed by atoms with Gasteiger partial charge < -0.3 is 9.15 Å². The Morgan fingerprint density at radius 3 is 2.74 bits per heavy atom. The second-order valence-corrected chi connectivity index (χ2v) is 5.76. The van der Waals surface area contributed by atoms with Crippen molar-refractivity contribution in [3.63, 3.8) is 0 Å². The van der Waals surface area contributed by atoms with Crippen molar-refractivity contribution >= 4 is 11.9 Å². The highest BCUT2D eigenvalue weighted by molar-refractivity contribution is 6.15. The molecule has 1 aromatic heterocycles. The van der Waals surface area contributed by atoms with Gasteiger partial charge in [-0.05, 0) is 36.6 Å². The number of ketones is 1. The van der Waals surface area contributed by atoms with Gasteiger partial charge in [0.1, 0.15) is 28.9 Å². The van der Waals surface area contributed by atoms with Gasteiger partial charge in [0.05, 0.1) is 12.7 Å². The summed E-state index contributed by atoms with van der Waals surface area (Å²) < 4.78 is 10.9. The van der Waals surface area contributed by atoms with Crippen LogP contribution in [0.5, 0.6) is 5.75 Å². The van der Waals surface area contributed by atoms with Crippen molar-refractivity contribution in [2.45, 2.75) is 19.3 Å². The van der Waals surface area contributed by atoms with Crippen LogP contribution in [0.15, 0.2) is 46.4 Å². The minimum atomic E-state index is -0.373. The molecular weight excluding hydrogens is 290 g/mol. The fraction of sp³-hybridized carbons (Fsp3) is 0.263. The largest absolute Gasteiger partial charge is 0.496 e. The van der Waals surface area contributed by atoms with Crippen molar-refractivity contribution < 1.29 is 13.9 Å². The maximum atomic E-state index is 12.6. The van der Waals surface area contributed by atoms with E-state index in [-0.39, 0.29) is 11.4 Å². The van der Waals surface area contributed by atoms with Crippen LogP contribution in [-0.4, -0.2) is 12.9 Å². The number of rotatable bonds is 5. The monoisotopic (exact) mass is 307 g/mol. The van der Waals surface area contributed by atoms with Crippen LogP contribution in [0.25, 0.3) is 6.08 Å². The highest BCUT2D eigenvalue weighted by Crippen LogP contribution is 2.47. The van der Waals surface area contributed by atoms with Crippen LogP contribution in [-0.2, 0) is 0 Å². The van der Waals surface area contributed by atoms with Crippen molar-refractivity contribution in [3.05, 3.63) is 59.1 Å². The third kappa shape index (κ3) is 3.04. The molecule has 1 fully saturated rings. The molecule has 2 aromatic rings. The molecule has 0 unspecified atom stereocenters. The number of ether oxygens (including phenoxy) is 1. The summed E-state index contributed by atoms with van der Waals surface area (Å²) in [7, 11) is 1.50. The number of furan rings is 1. The van der Waals surface area contributed by atoms with E-state index in [1.165, 1.54) is 13.2 Å². The minimum Gasteiger partial charge on any atom is -0.496 e. The zero-order chi connectivity index (χ0) is 16.4. The summed E-state index contributed by atoms with van der Waals surface area (Å²) in [5.74, 6) is 2.63. The molecule has 0 aliphatic heterocycles. The second kappa shape index (κ2) is 6.13. The van der Waals surface area contributed by atoms with Crippen LogP contribution in [0.2, 0.25) is 0 Å². The average Bonchev–Trinajstić information content (AvgIpc) is 3.13. The Bertz CT molecular complexity index is 810. The molecule has 0 amide bonds. The lowest BCUT2D eigenvalue weighted by molar-refractivity contribution is 0.103. The van der Waals surface area contributed by atoms with Crippen LogP contribution in [0.3, 0.4) is 0 Å². The van der Waals surface area contributed by atoms with E-state index in [9.17, 15) is 10.1 Å². The number of hydrogen-bond donors (Lipinski definition) is 0. The number of allylic oxidation sites excluding steroid dienone is 1. The molecule has 4 nitrogen and oxygen atoms in total. The predicted octanol–water partition coefficient (Wildman–Crippen LogP) is 4.20. The normalized spacial score (nSPS) is 20.0. The van der Waals surface area contributed by atoms with Gasteiger partial charge in [-0.1, -0.05) is 19.1 Å². The zero-order valence-electron chi connectivity index (χ0n) is 13.1. The van der Waals surface area contributed by atoms with Gasteiger partial charge in [-0.25, -0.2) is 0 Å². The Morgan fingerprint density at radius 1 is 1.35 bits per heavy atom. The number of Topliss-reactive ketones (excluding diaryl/α,β-unsaturated/α-hetero) is 1. The first-order valence-electron chi connectivity index (χ1n) is 7.53. The van der Waals surface area contributed by atoms with Gasteiger partial charge in [-0.2, -0.15) is 5.26 Å². The Kier molecular flexibility index (Phi) is 4.03. The quantitative estimate of drug-likeness (QED) is 0.472. The van der Waals surface area contributed by atoms with Gasteiger partial charge in [0, 0.05) is 12.0 Å². The maximum absolute atomic E-state index is 12.6. The summed E-state index contributed by atoms with van der Waals surface area (Å²) in [6, 6.07) is 12.5. The SMILES string of the molecule is COc1ccccc1C(=O)/C(C#N)=C/c1ccc([C@H]2C[C@@H]2C)o1. The van der Waals surface area contributed by atoms with Crippen molar-refractivity contribution in [3.8, 4) is 11.8 Å². The molecule has 2 atom stereocenters. The Labute approximate surface area is 135 Å². The molecule has 0 saturated heterocycles. The van der Waals surface area contributed by atoms with Crippen LogP contribution in [0.1, 0.15) is 41.1 Å². The lowest BCUT2D eigenvalue weighted by Gasteiger charge is -2.05. The van der Waals surface area contributed by atoms with E-state index < -0.39 is 0 Å². The molecule has 1 saturated carbocycles. The van der Waals surface area contributed by atoms with Crippen LogP contribution in [0.4, 0.5) is 0 Å². The number of methoxy groups -OCH3 is 1. The summed E-state index contributed by atoms with van der Waals surface area (Å²) >= 11 is 0. The molecule has 23 heavy (non-hydrogen) atoms. The van der Waals surface area contributed by atoms with Crippen molar-refractivity contribution in [1.29, 1.82) is 5.26 Å². The predicted molar refractivity (Wildman–Crippen MR) is 86.1 cm³/mol. The van der Waals surface area contributed by atoms with E-state index in [4.69, 9.17) is 9.15 Å². The van der Waals surface area contributed by atoms with Gasteiger partial charge in [-0.3, -0.25) is 4.79 Å². The van der Waals surface area contributed by atoms with E-state index in [0.29, 0.717) is 28.9 Å². The second-order valence-electron chi connectivity index (χ2n) is 5.76. The summed E-state index contributed by atoms with van der Waals surface area (Å²) in [4.78, 5) is 12.6. The van der Waals surface area contributed by atoms with E-state index in [1.807, 2.05) is 12.1 Å². The van der Waals surface area contributed by atoms with Gasteiger partial charge in [0.15, 0.2) is 0 Å². The molecule has 3 rings (SSSR count). The van der Waals surface area contributed by atoms with Crippen molar-refractivity contribution in [1.82, 2.24) is 0 Å². The number of nitriles is 1. The minimum absolute atomic E-state index is 0.0271. The number of hydrogen-bond acceptors (Lipinski definition) is 4. The van der Waals surface area contributed by atoms with Gasteiger partial charge in [-0.15, -0.1) is 0 Å². The Hall–Kier alpha value is -2.80. The molecule has 116 valence electrons. The fourth-order valence-corrected chi connectivity index (χ4v) is 2.63. The van der Waals surface area contributed by atoms with Crippen LogP contribution in [0, 0.1) is 17.2 Å². The summed E-state index contributed by atoms with van der Waals surface area (Å²) in [5, 5.41) is 9.33. The molecule has 4 heteroatoms. The van der Waals surface area contributed by atoms with E-state index >= 15 is 0 Å². The molecular formula is C19H17NO3. The number of benzene rings is 1. The third-order valence-electron chi connectivity index (χ3n) is 4.13. The summed E-state index contributed by atoms with van der Waals surface area (Å²) in [5.41, 5.74) is 0.393. The number of carbonyl (C=O) groups excluding carboxylic acids is 1. The summed E-state index contributed by atoms with van der Waals surface area (Å²) in [6.45, 7) is 2.18. The Balaban J connectivity index is 1.88. The van der Waals surface area contributed by atoms with Crippen molar-refractivity contribution in [2.24, 2.45) is 5.92 Å². The van der Waals surface area contributed by atoms with Gasteiger partial charge in [0.25, 0.3) is 0 Å². The molecule has 1 aliphatic carbocycles. The lowest BCUT2D eigenvalue weighted by Crippen LogP contribution is -2.04. The van der Waals surface area contributed by atoms with Gasteiger partial charge in [0.2, 0.25) is 5.78 Å². The first-order chi connectivity index (χ1) is 11.1. The third-order valence-corrected chi connectivity index (χ3v) is 4.13. The number of carbonyl (C=O) groups is 1. The first kappa shape index (κ1) is 15.1. The molecule has 0 N–H and O–H groups in total.